The molecular formula is C27H41ClFN5O. The second-order valence-electron chi connectivity index (χ2n) is 11.3. The maximum absolute atomic E-state index is 14.5. The van der Waals surface area contributed by atoms with E-state index in [1.54, 1.807) is 6.33 Å². The SMILES string of the molecule is CCC[C@H](N[C@H]1CCc2cc(Cl)cc(F)c2C1)C(=O)Nc1cn(C(NCC(C)(C)C)C(C)C)cn1. The van der Waals surface area contributed by atoms with Crippen LogP contribution in [0.3, 0.4) is 0 Å². The number of anilines is 1. The number of amides is 1. The van der Waals surface area contributed by atoms with Gasteiger partial charge in [0, 0.05) is 23.8 Å². The molecule has 35 heavy (non-hydrogen) atoms. The molecule has 0 bridgehead atoms. The molecule has 0 fully saturated rings. The van der Waals surface area contributed by atoms with Crippen LogP contribution in [0.5, 0.6) is 0 Å². The van der Waals surface area contributed by atoms with Crippen molar-refractivity contribution in [1.82, 2.24) is 20.2 Å². The Labute approximate surface area is 214 Å². The summed E-state index contributed by atoms with van der Waals surface area (Å²) < 4.78 is 16.5. The van der Waals surface area contributed by atoms with E-state index >= 15 is 0 Å². The number of aromatic nitrogens is 2. The van der Waals surface area contributed by atoms with Crippen molar-refractivity contribution < 1.29 is 9.18 Å². The molecular weight excluding hydrogens is 465 g/mol. The minimum absolute atomic E-state index is 0.0324. The molecule has 1 amide bonds. The first-order valence-corrected chi connectivity index (χ1v) is 13.1. The number of rotatable bonds is 10. The summed E-state index contributed by atoms with van der Waals surface area (Å²) in [6, 6.07) is 2.89. The summed E-state index contributed by atoms with van der Waals surface area (Å²) in [6.07, 6.45) is 7.43. The fourth-order valence-electron chi connectivity index (χ4n) is 4.66. The maximum atomic E-state index is 14.5. The smallest absolute Gasteiger partial charge is 0.242 e. The normalized spacial score (nSPS) is 17.8. The van der Waals surface area contributed by atoms with E-state index in [2.05, 4.69) is 62.5 Å². The van der Waals surface area contributed by atoms with E-state index in [9.17, 15) is 9.18 Å². The Morgan fingerprint density at radius 3 is 2.71 bits per heavy atom. The van der Waals surface area contributed by atoms with Crippen molar-refractivity contribution >= 4 is 23.3 Å². The van der Waals surface area contributed by atoms with Crippen LogP contribution in [0, 0.1) is 17.2 Å². The monoisotopic (exact) mass is 505 g/mol. The minimum Gasteiger partial charge on any atom is -0.319 e. The van der Waals surface area contributed by atoms with Crippen molar-refractivity contribution in [3.8, 4) is 0 Å². The number of halogens is 2. The molecule has 2 aromatic rings. The van der Waals surface area contributed by atoms with Crippen LogP contribution in [0.15, 0.2) is 24.7 Å². The minimum atomic E-state index is -0.369. The van der Waals surface area contributed by atoms with Gasteiger partial charge in [-0.15, -0.1) is 0 Å². The summed E-state index contributed by atoms with van der Waals surface area (Å²) in [5.74, 6) is 0.522. The molecule has 0 saturated heterocycles. The lowest BCUT2D eigenvalue weighted by Crippen LogP contribution is -2.48. The maximum Gasteiger partial charge on any atom is 0.242 e. The molecule has 1 aromatic carbocycles. The van der Waals surface area contributed by atoms with Crippen LogP contribution < -0.4 is 16.0 Å². The Bertz CT molecular complexity index is 1000. The van der Waals surface area contributed by atoms with Crippen molar-refractivity contribution in [2.45, 2.75) is 91.9 Å². The highest BCUT2D eigenvalue weighted by molar-refractivity contribution is 6.30. The lowest BCUT2D eigenvalue weighted by Gasteiger charge is -2.29. The Morgan fingerprint density at radius 2 is 2.06 bits per heavy atom. The van der Waals surface area contributed by atoms with Gasteiger partial charge in [-0.2, -0.15) is 0 Å². The van der Waals surface area contributed by atoms with Crippen molar-refractivity contribution in [2.75, 3.05) is 11.9 Å². The molecule has 1 unspecified atom stereocenters. The molecule has 1 aliphatic rings. The van der Waals surface area contributed by atoms with Crippen LogP contribution in [0.4, 0.5) is 10.2 Å². The standard InChI is InChI=1S/C27H41ClFN5O/c1-7-8-23(32-20-10-9-18-11-19(28)12-22(29)21(18)13-20)26(35)33-24-14-34(16-31-24)25(17(2)3)30-15-27(4,5)6/h11-12,14,16-17,20,23,25,30,32H,7-10,13,15H2,1-6H3,(H,33,35)/t20-,23-,25?/m0/s1. The molecule has 1 heterocycles. The van der Waals surface area contributed by atoms with Crippen LogP contribution in [0.25, 0.3) is 0 Å². The Kier molecular flexibility index (Phi) is 9.35. The van der Waals surface area contributed by atoms with Gasteiger partial charge in [0.2, 0.25) is 5.91 Å². The second kappa shape index (κ2) is 11.8. The van der Waals surface area contributed by atoms with Crippen molar-refractivity contribution in [3.05, 3.63) is 46.6 Å². The van der Waals surface area contributed by atoms with E-state index in [4.69, 9.17) is 11.6 Å². The number of nitrogens with zero attached hydrogens (tertiary/aromatic N) is 2. The number of carbonyl (C=O) groups is 1. The number of hydrogen-bond acceptors (Lipinski definition) is 4. The number of nitrogens with one attached hydrogen (secondary N) is 3. The molecule has 194 valence electrons. The van der Waals surface area contributed by atoms with Gasteiger partial charge >= 0.3 is 0 Å². The van der Waals surface area contributed by atoms with Crippen LogP contribution in [0.1, 0.15) is 78.1 Å². The van der Waals surface area contributed by atoms with Gasteiger partial charge in [0.25, 0.3) is 0 Å². The van der Waals surface area contributed by atoms with Crippen LogP contribution in [-0.2, 0) is 17.6 Å². The number of aryl methyl sites for hydroxylation is 1. The Balaban J connectivity index is 1.64. The molecule has 8 heteroatoms. The lowest BCUT2D eigenvalue weighted by molar-refractivity contribution is -0.118. The number of hydrogen-bond donors (Lipinski definition) is 3. The number of benzene rings is 1. The third-order valence-corrected chi connectivity index (χ3v) is 6.66. The van der Waals surface area contributed by atoms with Gasteiger partial charge in [-0.3, -0.25) is 10.1 Å². The summed E-state index contributed by atoms with van der Waals surface area (Å²) in [7, 11) is 0. The molecule has 3 rings (SSSR count). The number of fused-ring (bicyclic) bond motifs is 1. The van der Waals surface area contributed by atoms with Gasteiger partial charge in [-0.25, -0.2) is 9.37 Å². The molecule has 1 aliphatic carbocycles. The van der Waals surface area contributed by atoms with Gasteiger partial charge in [0.1, 0.15) is 5.82 Å². The topological polar surface area (TPSA) is 71.0 Å². The van der Waals surface area contributed by atoms with E-state index in [1.165, 1.54) is 6.07 Å². The predicted octanol–water partition coefficient (Wildman–Crippen LogP) is 5.72. The Morgan fingerprint density at radius 1 is 1.31 bits per heavy atom. The number of imidazole rings is 1. The molecule has 1 aromatic heterocycles. The highest BCUT2D eigenvalue weighted by Gasteiger charge is 2.27. The van der Waals surface area contributed by atoms with E-state index in [0.717, 1.165) is 31.4 Å². The zero-order chi connectivity index (χ0) is 25.8. The first-order valence-electron chi connectivity index (χ1n) is 12.8. The summed E-state index contributed by atoms with van der Waals surface area (Å²) in [5.41, 5.74) is 1.84. The molecule has 0 spiro atoms. The van der Waals surface area contributed by atoms with Gasteiger partial charge in [-0.05, 0) is 60.3 Å². The second-order valence-corrected chi connectivity index (χ2v) is 11.7. The zero-order valence-electron chi connectivity index (χ0n) is 21.9. The van der Waals surface area contributed by atoms with Gasteiger partial charge in [0.05, 0.1) is 18.5 Å². The molecule has 3 atom stereocenters. The number of carbonyl (C=O) groups excluding carboxylic acids is 1. The van der Waals surface area contributed by atoms with E-state index in [1.807, 2.05) is 16.8 Å². The van der Waals surface area contributed by atoms with Crippen molar-refractivity contribution in [1.29, 1.82) is 0 Å². The summed E-state index contributed by atoms with van der Waals surface area (Å²) in [6.45, 7) is 13.9. The molecule has 0 aliphatic heterocycles. The fourth-order valence-corrected chi connectivity index (χ4v) is 4.88. The molecule has 3 N–H and O–H groups in total. The van der Waals surface area contributed by atoms with Gasteiger partial charge in [0.15, 0.2) is 5.82 Å². The van der Waals surface area contributed by atoms with E-state index in [-0.39, 0.29) is 35.4 Å². The third kappa shape index (κ3) is 7.76. The average molecular weight is 506 g/mol. The van der Waals surface area contributed by atoms with Crippen molar-refractivity contribution in [2.24, 2.45) is 11.3 Å². The third-order valence-electron chi connectivity index (χ3n) is 6.44. The first kappa shape index (κ1) is 27.6. The van der Waals surface area contributed by atoms with Gasteiger partial charge < -0.3 is 15.2 Å². The van der Waals surface area contributed by atoms with Crippen LogP contribution in [0.2, 0.25) is 5.02 Å². The Hall–Kier alpha value is -1.96. The van der Waals surface area contributed by atoms with Crippen LogP contribution in [-0.4, -0.2) is 34.1 Å². The van der Waals surface area contributed by atoms with E-state index < -0.39 is 0 Å². The first-order chi connectivity index (χ1) is 16.5. The summed E-state index contributed by atoms with van der Waals surface area (Å²) >= 11 is 6.02. The summed E-state index contributed by atoms with van der Waals surface area (Å²) in [4.78, 5) is 17.6. The highest BCUT2D eigenvalue weighted by Crippen LogP contribution is 2.28. The van der Waals surface area contributed by atoms with Gasteiger partial charge in [-0.1, -0.05) is 59.6 Å². The largest absolute Gasteiger partial charge is 0.319 e. The van der Waals surface area contributed by atoms with Crippen LogP contribution >= 0.6 is 11.6 Å². The zero-order valence-corrected chi connectivity index (χ0v) is 22.7. The highest BCUT2D eigenvalue weighted by atomic mass is 35.5. The predicted molar refractivity (Wildman–Crippen MR) is 141 cm³/mol. The molecule has 0 saturated carbocycles. The quantitative estimate of drug-likeness (QED) is 0.386. The molecule has 0 radical (unpaired) electrons. The average Bonchev–Trinajstić information content (AvgIpc) is 3.20. The molecule has 6 nitrogen and oxygen atoms in total. The van der Waals surface area contributed by atoms with Crippen molar-refractivity contribution in [3.63, 3.8) is 0 Å². The van der Waals surface area contributed by atoms with E-state index in [0.29, 0.717) is 35.2 Å². The lowest BCUT2D eigenvalue weighted by atomic mass is 9.87. The fraction of sp³-hybridized carbons (Fsp3) is 0.630. The summed E-state index contributed by atoms with van der Waals surface area (Å²) in [5, 5.41) is 10.5.